The van der Waals surface area contributed by atoms with Crippen LogP contribution in [0.3, 0.4) is 0 Å². The summed E-state index contributed by atoms with van der Waals surface area (Å²) in [5.74, 6) is 1.13. The summed E-state index contributed by atoms with van der Waals surface area (Å²) >= 11 is 1.35. The maximum Gasteiger partial charge on any atom is 0.233 e. The van der Waals surface area contributed by atoms with Gasteiger partial charge < -0.3 is 14.3 Å². The monoisotopic (exact) mass is 388 g/mol. The van der Waals surface area contributed by atoms with Crippen molar-refractivity contribution in [2.75, 3.05) is 6.54 Å². The van der Waals surface area contributed by atoms with E-state index in [0.717, 1.165) is 16.9 Å². The number of benzene rings is 1. The van der Waals surface area contributed by atoms with Crippen molar-refractivity contribution < 1.29 is 13.6 Å². The Balaban J connectivity index is 1.54. The van der Waals surface area contributed by atoms with E-state index >= 15 is 0 Å². The van der Waals surface area contributed by atoms with Crippen molar-refractivity contribution in [3.63, 3.8) is 0 Å². The molecule has 3 rings (SSSR count). The van der Waals surface area contributed by atoms with E-state index in [1.54, 1.807) is 18.4 Å². The highest BCUT2D eigenvalue weighted by Crippen LogP contribution is 2.27. The lowest BCUT2D eigenvalue weighted by Crippen LogP contribution is -2.32. The molecule has 0 unspecified atom stereocenters. The second-order valence-corrected chi connectivity index (χ2v) is 7.49. The Morgan fingerprint density at radius 3 is 2.70 bits per heavy atom. The largest absolute Gasteiger partial charge is 0.469 e. The summed E-state index contributed by atoms with van der Waals surface area (Å²) < 4.78 is 20.1. The van der Waals surface area contributed by atoms with E-state index in [1.165, 1.54) is 23.9 Å². The molecule has 1 atom stereocenters. The molecule has 8 heteroatoms. The van der Waals surface area contributed by atoms with E-state index in [0.29, 0.717) is 23.9 Å². The summed E-state index contributed by atoms with van der Waals surface area (Å²) in [4.78, 5) is 12.3. The molecule has 0 aliphatic heterocycles. The molecule has 1 aromatic carbocycles. The second-order valence-electron chi connectivity index (χ2n) is 6.18. The highest BCUT2D eigenvalue weighted by atomic mass is 32.2. The van der Waals surface area contributed by atoms with Crippen LogP contribution in [0.5, 0.6) is 0 Å². The van der Waals surface area contributed by atoms with Crippen LogP contribution in [0.15, 0.2) is 46.2 Å². The number of aryl methyl sites for hydroxylation is 1. The molecule has 0 aliphatic rings. The third-order valence-electron chi connectivity index (χ3n) is 4.21. The van der Waals surface area contributed by atoms with Crippen molar-refractivity contribution in [1.29, 1.82) is 0 Å². The number of nitrogens with zero attached hydrogens (tertiary/aromatic N) is 3. The molecule has 6 nitrogen and oxygen atoms in total. The van der Waals surface area contributed by atoms with E-state index < -0.39 is 0 Å². The Bertz CT molecular complexity index is 920. The number of carbonyl (C=O) groups is 1. The summed E-state index contributed by atoms with van der Waals surface area (Å²) in [5, 5.41) is 11.6. The smallest absolute Gasteiger partial charge is 0.233 e. The highest BCUT2D eigenvalue weighted by molar-refractivity contribution is 8.00. The van der Waals surface area contributed by atoms with Gasteiger partial charge in [-0.1, -0.05) is 23.9 Å². The van der Waals surface area contributed by atoms with Crippen molar-refractivity contribution in [3.05, 3.63) is 53.7 Å². The molecule has 0 spiro atoms. The van der Waals surface area contributed by atoms with Gasteiger partial charge in [-0.15, -0.1) is 10.2 Å². The molecule has 27 heavy (non-hydrogen) atoms. The van der Waals surface area contributed by atoms with E-state index in [2.05, 4.69) is 15.5 Å². The average Bonchev–Trinajstić information content (AvgIpc) is 3.22. The molecular weight excluding hydrogens is 367 g/mol. The molecule has 0 fully saturated rings. The first-order valence-electron chi connectivity index (χ1n) is 8.58. The fourth-order valence-corrected chi connectivity index (χ4v) is 3.44. The second kappa shape index (κ2) is 8.39. The standard InChI is InChI=1S/C19H21FN4O2S/c1-12-16(9-11-26-12)17-22-23-19(24(17)3)27-13(2)18(25)21-10-8-14-4-6-15(20)7-5-14/h4-7,9,11,13H,8,10H2,1-3H3,(H,21,25)/t13-/m1/s1. The summed E-state index contributed by atoms with van der Waals surface area (Å²) in [5.41, 5.74) is 1.86. The summed E-state index contributed by atoms with van der Waals surface area (Å²) in [7, 11) is 1.86. The zero-order valence-electron chi connectivity index (χ0n) is 15.4. The maximum atomic E-state index is 12.9. The van der Waals surface area contributed by atoms with Crippen LogP contribution in [0.4, 0.5) is 4.39 Å². The van der Waals surface area contributed by atoms with Crippen LogP contribution >= 0.6 is 11.8 Å². The molecule has 0 bridgehead atoms. The summed E-state index contributed by atoms with van der Waals surface area (Å²) in [6.07, 6.45) is 2.26. The topological polar surface area (TPSA) is 72.9 Å². The van der Waals surface area contributed by atoms with Gasteiger partial charge in [-0.3, -0.25) is 4.79 Å². The van der Waals surface area contributed by atoms with Crippen LogP contribution in [-0.4, -0.2) is 32.5 Å². The molecule has 142 valence electrons. The van der Waals surface area contributed by atoms with Crippen molar-refractivity contribution in [1.82, 2.24) is 20.1 Å². The first kappa shape index (κ1) is 19.2. The normalized spacial score (nSPS) is 12.1. The minimum atomic E-state index is -0.320. The predicted octanol–water partition coefficient (Wildman–Crippen LogP) is 3.36. The Labute approximate surface area is 161 Å². The van der Waals surface area contributed by atoms with Crippen molar-refractivity contribution in [3.8, 4) is 11.4 Å². The lowest BCUT2D eigenvalue weighted by Gasteiger charge is -2.11. The van der Waals surface area contributed by atoms with Crippen molar-refractivity contribution in [2.45, 2.75) is 30.7 Å². The van der Waals surface area contributed by atoms with Crippen LogP contribution in [0.25, 0.3) is 11.4 Å². The van der Waals surface area contributed by atoms with Gasteiger partial charge in [-0.2, -0.15) is 0 Å². The number of rotatable bonds is 7. The summed E-state index contributed by atoms with van der Waals surface area (Å²) in [6.45, 7) is 4.19. The Morgan fingerprint density at radius 2 is 2.04 bits per heavy atom. The first-order valence-corrected chi connectivity index (χ1v) is 9.46. The Kier molecular flexibility index (Phi) is 5.95. The number of thioether (sulfide) groups is 1. The van der Waals surface area contributed by atoms with Crippen molar-refractivity contribution >= 4 is 17.7 Å². The van der Waals surface area contributed by atoms with Gasteiger partial charge in [0.15, 0.2) is 11.0 Å². The lowest BCUT2D eigenvalue weighted by atomic mass is 10.1. The van der Waals surface area contributed by atoms with E-state index in [4.69, 9.17) is 4.42 Å². The quantitative estimate of drug-likeness (QED) is 0.629. The number of furan rings is 1. The zero-order valence-corrected chi connectivity index (χ0v) is 16.2. The fraction of sp³-hybridized carbons (Fsp3) is 0.316. The number of hydrogen-bond donors (Lipinski definition) is 1. The number of nitrogens with one attached hydrogen (secondary N) is 1. The minimum Gasteiger partial charge on any atom is -0.469 e. The maximum absolute atomic E-state index is 12.9. The average molecular weight is 388 g/mol. The Morgan fingerprint density at radius 1 is 1.30 bits per heavy atom. The van der Waals surface area contributed by atoms with Crippen LogP contribution < -0.4 is 5.32 Å². The van der Waals surface area contributed by atoms with Gasteiger partial charge in [0, 0.05) is 13.6 Å². The Hall–Kier alpha value is -2.61. The SMILES string of the molecule is Cc1occc1-c1nnc(S[C@H](C)C(=O)NCCc2ccc(F)cc2)n1C. The van der Waals surface area contributed by atoms with Gasteiger partial charge in [0.2, 0.25) is 5.91 Å². The van der Waals surface area contributed by atoms with Crippen LogP contribution in [-0.2, 0) is 18.3 Å². The minimum absolute atomic E-state index is 0.0776. The van der Waals surface area contributed by atoms with Crippen molar-refractivity contribution in [2.24, 2.45) is 7.05 Å². The molecule has 0 radical (unpaired) electrons. The van der Waals surface area contributed by atoms with Crippen LogP contribution in [0.2, 0.25) is 0 Å². The van der Waals surface area contributed by atoms with Gasteiger partial charge in [-0.05, 0) is 44.0 Å². The number of aromatic nitrogens is 3. The van der Waals surface area contributed by atoms with Gasteiger partial charge in [-0.25, -0.2) is 4.39 Å². The van der Waals surface area contributed by atoms with Gasteiger partial charge >= 0.3 is 0 Å². The first-order chi connectivity index (χ1) is 13.0. The van der Waals surface area contributed by atoms with E-state index in [1.807, 2.05) is 31.5 Å². The molecular formula is C19H21FN4O2S. The fourth-order valence-electron chi connectivity index (χ4n) is 2.61. The van der Waals surface area contributed by atoms with E-state index in [9.17, 15) is 9.18 Å². The third kappa shape index (κ3) is 4.57. The number of carbonyl (C=O) groups excluding carboxylic acids is 1. The summed E-state index contributed by atoms with van der Waals surface area (Å²) in [6, 6.07) is 8.13. The molecule has 0 saturated heterocycles. The molecule has 0 saturated carbocycles. The molecule has 2 aromatic heterocycles. The molecule has 3 aromatic rings. The van der Waals surface area contributed by atoms with Gasteiger partial charge in [0.25, 0.3) is 0 Å². The molecule has 2 heterocycles. The van der Waals surface area contributed by atoms with Gasteiger partial charge in [0.1, 0.15) is 11.6 Å². The predicted molar refractivity (Wildman–Crippen MR) is 102 cm³/mol. The zero-order chi connectivity index (χ0) is 19.4. The number of halogens is 1. The number of hydrogen-bond acceptors (Lipinski definition) is 5. The van der Waals surface area contributed by atoms with Crippen LogP contribution in [0, 0.1) is 12.7 Å². The third-order valence-corrected chi connectivity index (χ3v) is 5.35. The van der Waals surface area contributed by atoms with Gasteiger partial charge in [0.05, 0.1) is 17.1 Å². The lowest BCUT2D eigenvalue weighted by molar-refractivity contribution is -0.120. The van der Waals surface area contributed by atoms with Crippen LogP contribution in [0.1, 0.15) is 18.2 Å². The highest BCUT2D eigenvalue weighted by Gasteiger charge is 2.20. The number of amides is 1. The molecule has 1 amide bonds. The van der Waals surface area contributed by atoms with E-state index in [-0.39, 0.29) is 17.0 Å². The molecule has 1 N–H and O–H groups in total. The molecule has 0 aliphatic carbocycles.